The van der Waals surface area contributed by atoms with Crippen LogP contribution in [0, 0.1) is 23.2 Å². The van der Waals surface area contributed by atoms with Crippen molar-refractivity contribution in [1.29, 1.82) is 5.26 Å². The summed E-state index contributed by atoms with van der Waals surface area (Å²) in [6.07, 6.45) is 9.45. The van der Waals surface area contributed by atoms with E-state index in [1.54, 1.807) is 0 Å². The van der Waals surface area contributed by atoms with Gasteiger partial charge in [-0.15, -0.1) is 0 Å². The Labute approximate surface area is 224 Å². The summed E-state index contributed by atoms with van der Waals surface area (Å²) in [5.41, 5.74) is 2.67. The Morgan fingerprint density at radius 1 is 1.08 bits per heavy atom. The first-order valence-corrected chi connectivity index (χ1v) is 14.6. The molecule has 3 heterocycles. The van der Waals surface area contributed by atoms with Crippen molar-refractivity contribution in [3.05, 3.63) is 29.5 Å². The fourth-order valence-electron chi connectivity index (χ4n) is 6.68. The number of H-pyrrole nitrogens is 1. The third kappa shape index (κ3) is 5.01. The van der Waals surface area contributed by atoms with Crippen LogP contribution in [0.3, 0.4) is 0 Å². The highest BCUT2D eigenvalue weighted by Gasteiger charge is 2.47. The van der Waals surface area contributed by atoms with Crippen LogP contribution in [0.25, 0.3) is 10.9 Å². The lowest BCUT2D eigenvalue weighted by molar-refractivity contribution is -0.144. The quantitative estimate of drug-likeness (QED) is 0.580. The Morgan fingerprint density at radius 2 is 1.87 bits per heavy atom. The van der Waals surface area contributed by atoms with Crippen molar-refractivity contribution in [2.75, 3.05) is 32.8 Å². The highest BCUT2D eigenvalue weighted by atomic mass is 16.5. The molecule has 8 heteroatoms. The number of carbonyl (C=O) groups is 2. The molecule has 6 rings (SSSR count). The van der Waals surface area contributed by atoms with Crippen LogP contribution in [-0.2, 0) is 22.6 Å². The molecule has 1 unspecified atom stereocenters. The van der Waals surface area contributed by atoms with E-state index in [0.717, 1.165) is 62.0 Å². The number of amides is 2. The van der Waals surface area contributed by atoms with Gasteiger partial charge in [-0.25, -0.2) is 0 Å². The number of carbonyl (C=O) groups excluding carboxylic acids is 2. The minimum Gasteiger partial charge on any atom is -0.490 e. The van der Waals surface area contributed by atoms with Crippen LogP contribution < -0.4 is 10.1 Å². The molecule has 202 valence electrons. The number of aromatic amines is 1. The molecule has 8 nitrogen and oxygen atoms in total. The first kappa shape index (κ1) is 25.2. The molecule has 0 radical (unpaired) electrons. The average Bonchev–Trinajstić information content (AvgIpc) is 3.63. The number of rotatable bonds is 7. The van der Waals surface area contributed by atoms with Crippen molar-refractivity contribution >= 4 is 22.7 Å². The largest absolute Gasteiger partial charge is 0.490 e. The Hall–Kier alpha value is -3.05. The van der Waals surface area contributed by atoms with Gasteiger partial charge in [-0.05, 0) is 57.7 Å². The third-order valence-corrected chi connectivity index (χ3v) is 9.14. The molecule has 1 aromatic heterocycles. The summed E-state index contributed by atoms with van der Waals surface area (Å²) in [7, 11) is 0. The SMILES string of the molecule is N#CC1(NC(=O)[C@@H]2CCCCC2C(=O)N2CCc3[nH]c4c(OCCN5CCCCC5)cccc4c3C2)CC1. The summed E-state index contributed by atoms with van der Waals surface area (Å²) in [5, 5.41) is 13.5. The van der Waals surface area contributed by atoms with Crippen molar-refractivity contribution in [2.24, 2.45) is 11.8 Å². The molecule has 0 spiro atoms. The Morgan fingerprint density at radius 3 is 2.63 bits per heavy atom. The van der Waals surface area contributed by atoms with Gasteiger partial charge >= 0.3 is 0 Å². The van der Waals surface area contributed by atoms with Crippen LogP contribution in [0.4, 0.5) is 0 Å². The topological polar surface area (TPSA) is 101 Å². The molecule has 3 fully saturated rings. The zero-order chi connectivity index (χ0) is 26.1. The number of fused-ring (bicyclic) bond motifs is 3. The number of piperidine rings is 1. The van der Waals surface area contributed by atoms with E-state index in [1.807, 2.05) is 17.0 Å². The Kier molecular flexibility index (Phi) is 7.05. The van der Waals surface area contributed by atoms with Crippen LogP contribution in [0.2, 0.25) is 0 Å². The maximum Gasteiger partial charge on any atom is 0.226 e. The van der Waals surface area contributed by atoms with Crippen LogP contribution in [0.1, 0.15) is 69.0 Å². The fraction of sp³-hybridized carbons (Fsp3) is 0.633. The van der Waals surface area contributed by atoms with Gasteiger partial charge in [0.1, 0.15) is 17.9 Å². The first-order chi connectivity index (χ1) is 18.6. The average molecular weight is 518 g/mol. The number of likely N-dealkylation sites (tertiary alicyclic amines) is 1. The Balaban J connectivity index is 1.14. The molecule has 2 aliphatic heterocycles. The van der Waals surface area contributed by atoms with E-state index in [9.17, 15) is 14.9 Å². The van der Waals surface area contributed by atoms with Crippen LogP contribution in [0.15, 0.2) is 18.2 Å². The van der Waals surface area contributed by atoms with Gasteiger partial charge in [0.2, 0.25) is 11.8 Å². The van der Waals surface area contributed by atoms with E-state index < -0.39 is 5.54 Å². The molecule has 38 heavy (non-hydrogen) atoms. The molecular weight excluding hydrogens is 478 g/mol. The van der Waals surface area contributed by atoms with Gasteiger partial charge in [0.15, 0.2) is 0 Å². The summed E-state index contributed by atoms with van der Waals surface area (Å²) in [6, 6.07) is 8.43. The number of hydrogen-bond donors (Lipinski definition) is 2. The third-order valence-electron chi connectivity index (χ3n) is 9.14. The number of benzene rings is 1. The predicted octanol–water partition coefficient (Wildman–Crippen LogP) is 3.90. The van der Waals surface area contributed by atoms with E-state index in [2.05, 4.69) is 27.3 Å². The van der Waals surface area contributed by atoms with E-state index in [-0.39, 0.29) is 23.7 Å². The summed E-state index contributed by atoms with van der Waals surface area (Å²) >= 11 is 0. The van der Waals surface area contributed by atoms with Crippen LogP contribution in [0.5, 0.6) is 5.75 Å². The zero-order valence-electron chi connectivity index (χ0n) is 22.3. The molecule has 2 aromatic rings. The van der Waals surface area contributed by atoms with Crippen LogP contribution in [-0.4, -0.2) is 64.9 Å². The lowest BCUT2D eigenvalue weighted by atomic mass is 9.77. The van der Waals surface area contributed by atoms with Gasteiger partial charge in [0.25, 0.3) is 0 Å². The van der Waals surface area contributed by atoms with E-state index in [0.29, 0.717) is 39.0 Å². The second-order valence-electron chi connectivity index (χ2n) is 11.7. The molecule has 1 aromatic carbocycles. The van der Waals surface area contributed by atoms with Crippen LogP contribution >= 0.6 is 0 Å². The van der Waals surface area contributed by atoms with E-state index >= 15 is 0 Å². The number of nitrogens with zero attached hydrogens (tertiary/aromatic N) is 3. The number of nitriles is 1. The van der Waals surface area contributed by atoms with Gasteiger partial charge in [-0.2, -0.15) is 5.26 Å². The van der Waals surface area contributed by atoms with Crippen molar-refractivity contribution in [2.45, 2.75) is 76.3 Å². The maximum absolute atomic E-state index is 13.8. The summed E-state index contributed by atoms with van der Waals surface area (Å²) in [4.78, 5) is 34.9. The van der Waals surface area contributed by atoms with Gasteiger partial charge in [0.05, 0.1) is 11.6 Å². The standard InChI is InChI=1S/C30H39N5O3/c31-20-30(12-13-30)33-28(36)22-7-2-3-8-23(22)29(37)35-16-11-25-24(19-35)21-9-6-10-26(27(21)32-25)38-18-17-34-14-4-1-5-15-34/h6,9-10,22-23,32H,1-5,7-8,11-19H2,(H,33,36)/t22-,23?/m1/s1. The number of nitrogens with one attached hydrogen (secondary N) is 2. The fourth-order valence-corrected chi connectivity index (χ4v) is 6.68. The predicted molar refractivity (Wildman–Crippen MR) is 144 cm³/mol. The lowest BCUT2D eigenvalue weighted by Crippen LogP contribution is -2.48. The molecule has 2 N–H and O–H groups in total. The lowest BCUT2D eigenvalue weighted by Gasteiger charge is -2.36. The molecule has 2 atom stereocenters. The van der Waals surface area contributed by atoms with Crippen molar-refractivity contribution < 1.29 is 14.3 Å². The highest BCUT2D eigenvalue weighted by molar-refractivity contribution is 5.92. The summed E-state index contributed by atoms with van der Waals surface area (Å²) in [6.45, 7) is 5.15. The monoisotopic (exact) mass is 517 g/mol. The van der Waals surface area contributed by atoms with E-state index in [4.69, 9.17) is 4.74 Å². The highest BCUT2D eigenvalue weighted by Crippen LogP contribution is 2.39. The van der Waals surface area contributed by atoms with Crippen molar-refractivity contribution in [3.63, 3.8) is 0 Å². The maximum atomic E-state index is 13.8. The van der Waals surface area contributed by atoms with Gasteiger partial charge in [0, 0.05) is 54.5 Å². The second-order valence-corrected chi connectivity index (χ2v) is 11.7. The smallest absolute Gasteiger partial charge is 0.226 e. The summed E-state index contributed by atoms with van der Waals surface area (Å²) in [5.74, 6) is 0.200. The first-order valence-electron chi connectivity index (χ1n) is 14.6. The number of hydrogen-bond acceptors (Lipinski definition) is 5. The molecule has 4 aliphatic rings. The molecule has 2 saturated carbocycles. The normalized spacial score (nSPS) is 24.9. The van der Waals surface area contributed by atoms with Crippen molar-refractivity contribution in [3.8, 4) is 11.8 Å². The second kappa shape index (κ2) is 10.6. The molecular formula is C30H39N5O3. The molecule has 2 aliphatic carbocycles. The number of para-hydroxylation sites is 1. The number of aromatic nitrogens is 1. The van der Waals surface area contributed by atoms with E-state index in [1.165, 1.54) is 30.5 Å². The van der Waals surface area contributed by atoms with Crippen molar-refractivity contribution in [1.82, 2.24) is 20.1 Å². The molecule has 0 bridgehead atoms. The zero-order valence-corrected chi connectivity index (χ0v) is 22.3. The minimum absolute atomic E-state index is 0.0839. The van der Waals surface area contributed by atoms with Gasteiger partial charge < -0.3 is 19.9 Å². The minimum atomic E-state index is -0.695. The Bertz CT molecular complexity index is 1240. The van der Waals surface area contributed by atoms with Gasteiger partial charge in [-0.3, -0.25) is 14.5 Å². The molecule has 2 amide bonds. The number of ether oxygens (including phenoxy) is 1. The van der Waals surface area contributed by atoms with Gasteiger partial charge in [-0.1, -0.05) is 31.4 Å². The summed E-state index contributed by atoms with van der Waals surface area (Å²) < 4.78 is 6.24. The molecule has 1 saturated heterocycles.